The third-order valence-electron chi connectivity index (χ3n) is 1.85. The average molecular weight is 191 g/mol. The smallest absolute Gasteiger partial charge is 0.141 e. The second-order valence-electron chi connectivity index (χ2n) is 2.91. The number of halogens is 1. The van der Waals surface area contributed by atoms with E-state index in [1.165, 1.54) is 12.3 Å². The molecule has 3 nitrogen and oxygen atoms in total. The first kappa shape index (κ1) is 8.74. The maximum atomic E-state index is 12.5. The zero-order chi connectivity index (χ0) is 9.80. The van der Waals surface area contributed by atoms with Crippen molar-refractivity contribution in [3.8, 4) is 0 Å². The van der Waals surface area contributed by atoms with E-state index in [-0.39, 0.29) is 5.82 Å². The van der Waals surface area contributed by atoms with E-state index in [4.69, 9.17) is 0 Å². The zero-order valence-electron chi connectivity index (χ0n) is 7.50. The van der Waals surface area contributed by atoms with Crippen LogP contribution < -0.4 is 5.32 Å². The van der Waals surface area contributed by atoms with Gasteiger partial charge in [-0.3, -0.25) is 0 Å². The van der Waals surface area contributed by atoms with Gasteiger partial charge in [-0.15, -0.1) is 0 Å². The van der Waals surface area contributed by atoms with Gasteiger partial charge in [0.05, 0.1) is 12.7 Å². The number of hydrogen-bond acceptors (Lipinski definition) is 2. The molecule has 0 aliphatic rings. The SMILES string of the molecule is Fc1ccc(NCc2ccc[nH]2)nc1. The van der Waals surface area contributed by atoms with Crippen molar-refractivity contribution in [3.63, 3.8) is 0 Å². The highest BCUT2D eigenvalue weighted by atomic mass is 19.1. The van der Waals surface area contributed by atoms with E-state index in [0.717, 1.165) is 5.69 Å². The molecule has 0 aliphatic heterocycles. The first-order chi connectivity index (χ1) is 6.84. The first-order valence-corrected chi connectivity index (χ1v) is 4.32. The summed E-state index contributed by atoms with van der Waals surface area (Å²) in [7, 11) is 0. The molecule has 2 aromatic heterocycles. The second-order valence-corrected chi connectivity index (χ2v) is 2.91. The minimum absolute atomic E-state index is 0.324. The van der Waals surface area contributed by atoms with Gasteiger partial charge in [0.15, 0.2) is 0 Å². The maximum absolute atomic E-state index is 12.5. The molecular formula is C10H10FN3. The molecule has 2 heterocycles. The molecule has 14 heavy (non-hydrogen) atoms. The molecule has 0 saturated heterocycles. The van der Waals surface area contributed by atoms with Crippen LogP contribution in [0.15, 0.2) is 36.7 Å². The maximum Gasteiger partial charge on any atom is 0.141 e. The van der Waals surface area contributed by atoms with Gasteiger partial charge in [-0.05, 0) is 24.3 Å². The van der Waals surface area contributed by atoms with Crippen LogP contribution >= 0.6 is 0 Å². The molecule has 0 aliphatic carbocycles. The van der Waals surface area contributed by atoms with Crippen LogP contribution in [0.3, 0.4) is 0 Å². The van der Waals surface area contributed by atoms with Gasteiger partial charge < -0.3 is 10.3 Å². The Bertz CT molecular complexity index is 380. The number of aromatic amines is 1. The summed E-state index contributed by atoms with van der Waals surface area (Å²) in [4.78, 5) is 6.93. The molecule has 72 valence electrons. The molecule has 0 amide bonds. The molecule has 0 atom stereocenters. The molecule has 0 saturated carbocycles. The Morgan fingerprint density at radius 3 is 2.93 bits per heavy atom. The molecule has 0 unspecified atom stereocenters. The van der Waals surface area contributed by atoms with E-state index in [1.807, 2.05) is 18.3 Å². The third-order valence-corrected chi connectivity index (χ3v) is 1.85. The van der Waals surface area contributed by atoms with Gasteiger partial charge >= 0.3 is 0 Å². The van der Waals surface area contributed by atoms with E-state index in [0.29, 0.717) is 12.4 Å². The minimum Gasteiger partial charge on any atom is -0.365 e. The molecule has 0 fully saturated rings. The fraction of sp³-hybridized carbons (Fsp3) is 0.100. The fourth-order valence-electron chi connectivity index (χ4n) is 1.14. The van der Waals surface area contributed by atoms with Crippen LogP contribution in [-0.4, -0.2) is 9.97 Å². The van der Waals surface area contributed by atoms with Crippen molar-refractivity contribution in [2.24, 2.45) is 0 Å². The Balaban J connectivity index is 1.95. The number of anilines is 1. The Morgan fingerprint density at radius 2 is 2.29 bits per heavy atom. The number of aromatic nitrogens is 2. The molecule has 0 radical (unpaired) electrons. The highest BCUT2D eigenvalue weighted by Crippen LogP contribution is 2.05. The lowest BCUT2D eigenvalue weighted by atomic mass is 10.4. The van der Waals surface area contributed by atoms with Crippen LogP contribution in [0.1, 0.15) is 5.69 Å². The highest BCUT2D eigenvalue weighted by Gasteiger charge is 1.95. The summed E-state index contributed by atoms with van der Waals surface area (Å²) >= 11 is 0. The summed E-state index contributed by atoms with van der Waals surface area (Å²) in [6.45, 7) is 0.658. The van der Waals surface area contributed by atoms with Crippen molar-refractivity contribution in [1.82, 2.24) is 9.97 Å². The zero-order valence-corrected chi connectivity index (χ0v) is 7.50. The second kappa shape index (κ2) is 3.91. The molecule has 4 heteroatoms. The van der Waals surface area contributed by atoms with Crippen LogP contribution in [0.25, 0.3) is 0 Å². The van der Waals surface area contributed by atoms with Crippen LogP contribution in [-0.2, 0) is 6.54 Å². The van der Waals surface area contributed by atoms with Crippen molar-refractivity contribution >= 4 is 5.82 Å². The highest BCUT2D eigenvalue weighted by molar-refractivity contribution is 5.34. The molecule has 0 bridgehead atoms. The normalized spacial score (nSPS) is 10.1. The predicted molar refractivity (Wildman–Crippen MR) is 52.3 cm³/mol. The van der Waals surface area contributed by atoms with Gasteiger partial charge in [0, 0.05) is 11.9 Å². The molecule has 2 N–H and O–H groups in total. The van der Waals surface area contributed by atoms with E-state index >= 15 is 0 Å². The average Bonchev–Trinajstić information content (AvgIpc) is 2.70. The number of pyridine rings is 1. The minimum atomic E-state index is -0.324. The third kappa shape index (κ3) is 2.10. The Hall–Kier alpha value is -1.84. The van der Waals surface area contributed by atoms with Gasteiger partial charge in [0.1, 0.15) is 11.6 Å². The molecular weight excluding hydrogens is 181 g/mol. The van der Waals surface area contributed by atoms with Gasteiger partial charge in [-0.1, -0.05) is 0 Å². The number of nitrogens with one attached hydrogen (secondary N) is 2. The molecule has 2 aromatic rings. The summed E-state index contributed by atoms with van der Waals surface area (Å²) in [5, 5.41) is 3.07. The number of rotatable bonds is 3. The van der Waals surface area contributed by atoms with Crippen molar-refractivity contribution in [3.05, 3.63) is 48.2 Å². The Labute approximate surface area is 81.0 Å². The predicted octanol–water partition coefficient (Wildman–Crippen LogP) is 2.16. The molecule has 0 spiro atoms. The lowest BCUT2D eigenvalue weighted by Gasteiger charge is -2.02. The van der Waals surface area contributed by atoms with Crippen LogP contribution in [0, 0.1) is 5.82 Å². The van der Waals surface area contributed by atoms with Gasteiger partial charge in [0.25, 0.3) is 0 Å². The Kier molecular flexibility index (Phi) is 2.44. The van der Waals surface area contributed by atoms with Crippen molar-refractivity contribution in [1.29, 1.82) is 0 Å². The summed E-state index contributed by atoms with van der Waals surface area (Å²) in [6, 6.07) is 6.88. The number of H-pyrrole nitrogens is 1. The summed E-state index contributed by atoms with van der Waals surface area (Å²) in [6.07, 6.45) is 3.05. The number of nitrogens with zero attached hydrogens (tertiary/aromatic N) is 1. The first-order valence-electron chi connectivity index (χ1n) is 4.32. The van der Waals surface area contributed by atoms with E-state index < -0.39 is 0 Å². The van der Waals surface area contributed by atoms with E-state index in [2.05, 4.69) is 15.3 Å². The van der Waals surface area contributed by atoms with Crippen LogP contribution in [0.4, 0.5) is 10.2 Å². The quantitative estimate of drug-likeness (QED) is 0.780. The monoisotopic (exact) mass is 191 g/mol. The Morgan fingerprint density at radius 1 is 1.36 bits per heavy atom. The molecule has 2 rings (SSSR count). The van der Waals surface area contributed by atoms with E-state index in [9.17, 15) is 4.39 Å². The summed E-state index contributed by atoms with van der Waals surface area (Å²) in [5.41, 5.74) is 1.07. The summed E-state index contributed by atoms with van der Waals surface area (Å²) in [5.74, 6) is 0.344. The molecule has 0 aromatic carbocycles. The summed E-state index contributed by atoms with van der Waals surface area (Å²) < 4.78 is 12.5. The lowest BCUT2D eigenvalue weighted by Crippen LogP contribution is -2.01. The van der Waals surface area contributed by atoms with Crippen molar-refractivity contribution < 1.29 is 4.39 Å². The largest absolute Gasteiger partial charge is 0.365 e. The van der Waals surface area contributed by atoms with Gasteiger partial charge in [-0.2, -0.15) is 0 Å². The topological polar surface area (TPSA) is 40.7 Å². The lowest BCUT2D eigenvalue weighted by molar-refractivity contribution is 0.621. The van der Waals surface area contributed by atoms with Crippen LogP contribution in [0.2, 0.25) is 0 Å². The van der Waals surface area contributed by atoms with Crippen LogP contribution in [0.5, 0.6) is 0 Å². The van der Waals surface area contributed by atoms with Gasteiger partial charge in [-0.25, -0.2) is 9.37 Å². The van der Waals surface area contributed by atoms with Crippen molar-refractivity contribution in [2.45, 2.75) is 6.54 Å². The number of hydrogen-bond donors (Lipinski definition) is 2. The standard InChI is InChI=1S/C10H10FN3/c11-8-3-4-10(13-6-8)14-7-9-2-1-5-12-9/h1-6,12H,7H2,(H,13,14). The fourth-order valence-corrected chi connectivity index (χ4v) is 1.14. The van der Waals surface area contributed by atoms with E-state index in [1.54, 1.807) is 6.07 Å². The van der Waals surface area contributed by atoms with Crippen molar-refractivity contribution in [2.75, 3.05) is 5.32 Å². The van der Waals surface area contributed by atoms with Gasteiger partial charge in [0.2, 0.25) is 0 Å².